The van der Waals surface area contributed by atoms with Crippen LogP contribution in [0.3, 0.4) is 0 Å². The summed E-state index contributed by atoms with van der Waals surface area (Å²) in [6.07, 6.45) is 0.451. The molecule has 146 valence electrons. The smallest absolute Gasteiger partial charge is 0.322 e. The van der Waals surface area contributed by atoms with Crippen molar-refractivity contribution >= 4 is 27.9 Å². The zero-order valence-electron chi connectivity index (χ0n) is 14.5. The van der Waals surface area contributed by atoms with Gasteiger partial charge in [0.05, 0.1) is 6.04 Å². The maximum absolute atomic E-state index is 13.7. The number of halogens is 1. The first-order valence-corrected chi connectivity index (χ1v) is 9.82. The number of hydrogen-bond donors (Lipinski definition) is 3. The van der Waals surface area contributed by atoms with Gasteiger partial charge >= 0.3 is 6.03 Å². The average molecular weight is 398 g/mol. The molecule has 0 unspecified atom stereocenters. The third-order valence-corrected chi connectivity index (χ3v) is 6.35. The molecule has 27 heavy (non-hydrogen) atoms. The van der Waals surface area contributed by atoms with Gasteiger partial charge in [-0.25, -0.2) is 17.6 Å². The lowest BCUT2D eigenvalue weighted by Crippen LogP contribution is -2.58. The lowest BCUT2D eigenvalue weighted by Gasteiger charge is -2.37. The molecule has 3 rings (SSSR count). The molecule has 2 heterocycles. The van der Waals surface area contributed by atoms with E-state index >= 15 is 0 Å². The predicted octanol–water partition coefficient (Wildman–Crippen LogP) is -0.307. The van der Waals surface area contributed by atoms with E-state index in [1.807, 2.05) is 0 Å². The number of rotatable bonds is 4. The Bertz CT molecular complexity index is 896. The molecule has 1 aromatic rings. The molecule has 1 spiro atoms. The van der Waals surface area contributed by atoms with Gasteiger partial charge < -0.3 is 10.2 Å². The summed E-state index contributed by atoms with van der Waals surface area (Å²) in [6.45, 7) is 1.73. The Morgan fingerprint density at radius 1 is 1.26 bits per heavy atom. The van der Waals surface area contributed by atoms with Crippen molar-refractivity contribution in [3.05, 3.63) is 30.1 Å². The van der Waals surface area contributed by atoms with Crippen LogP contribution in [-0.2, 0) is 19.6 Å². The van der Waals surface area contributed by atoms with Gasteiger partial charge in [0.25, 0.3) is 5.91 Å². The minimum Gasteiger partial charge on any atom is -0.341 e. The first-order valence-electron chi connectivity index (χ1n) is 8.34. The number of amides is 4. The summed E-state index contributed by atoms with van der Waals surface area (Å²) in [5, 5.41) is 4.76. The van der Waals surface area contributed by atoms with Crippen LogP contribution in [0.2, 0.25) is 0 Å². The van der Waals surface area contributed by atoms with Crippen molar-refractivity contribution in [3.8, 4) is 0 Å². The molecule has 2 aliphatic heterocycles. The van der Waals surface area contributed by atoms with Gasteiger partial charge in [-0.1, -0.05) is 12.1 Å². The van der Waals surface area contributed by atoms with Gasteiger partial charge in [-0.05, 0) is 31.9 Å². The first-order chi connectivity index (χ1) is 12.6. The summed E-state index contributed by atoms with van der Waals surface area (Å²) in [5.74, 6) is -1.82. The number of carbonyl (C=O) groups is 3. The highest BCUT2D eigenvalue weighted by atomic mass is 32.2. The van der Waals surface area contributed by atoms with Crippen molar-refractivity contribution in [2.45, 2.75) is 36.2 Å². The molecule has 2 saturated heterocycles. The Morgan fingerprint density at radius 3 is 2.44 bits per heavy atom. The van der Waals surface area contributed by atoms with E-state index in [0.29, 0.717) is 0 Å². The lowest BCUT2D eigenvalue weighted by atomic mass is 9.87. The molecule has 4 amide bonds. The highest BCUT2D eigenvalue weighted by molar-refractivity contribution is 7.89. The highest BCUT2D eigenvalue weighted by Gasteiger charge is 2.48. The summed E-state index contributed by atoms with van der Waals surface area (Å²) in [7, 11) is -4.21. The SMILES string of the molecule is C[C@H](NS(=O)(=O)c1ccccc1F)C(=O)N1CCC2(CC1)NC(=O)NC2=O. The van der Waals surface area contributed by atoms with Crippen molar-refractivity contribution in [2.75, 3.05) is 13.1 Å². The molecule has 2 aliphatic rings. The molecule has 2 fully saturated rings. The molecular formula is C16H19FN4O5S. The number of piperidine rings is 1. The molecule has 1 aromatic carbocycles. The van der Waals surface area contributed by atoms with Crippen LogP contribution in [-0.4, -0.2) is 55.8 Å². The van der Waals surface area contributed by atoms with Crippen LogP contribution in [0.1, 0.15) is 19.8 Å². The molecule has 0 aliphatic carbocycles. The van der Waals surface area contributed by atoms with Crippen molar-refractivity contribution < 1.29 is 27.2 Å². The third-order valence-electron chi connectivity index (χ3n) is 4.77. The molecule has 3 N–H and O–H groups in total. The number of benzene rings is 1. The van der Waals surface area contributed by atoms with Gasteiger partial charge in [-0.15, -0.1) is 0 Å². The fraction of sp³-hybridized carbons (Fsp3) is 0.438. The van der Waals surface area contributed by atoms with Crippen LogP contribution in [0.5, 0.6) is 0 Å². The monoisotopic (exact) mass is 398 g/mol. The fourth-order valence-corrected chi connectivity index (χ4v) is 4.55. The van der Waals surface area contributed by atoms with Crippen molar-refractivity contribution in [1.82, 2.24) is 20.3 Å². The van der Waals surface area contributed by atoms with Gasteiger partial charge in [0.15, 0.2) is 0 Å². The molecule has 0 bridgehead atoms. The Morgan fingerprint density at radius 2 is 1.89 bits per heavy atom. The summed E-state index contributed by atoms with van der Waals surface area (Å²) in [6, 6.07) is 3.20. The van der Waals surface area contributed by atoms with Gasteiger partial charge in [0.1, 0.15) is 16.3 Å². The Balaban J connectivity index is 1.64. The Hall–Kier alpha value is -2.53. The van der Waals surface area contributed by atoms with Gasteiger partial charge in [-0.2, -0.15) is 4.72 Å². The van der Waals surface area contributed by atoms with Crippen molar-refractivity contribution in [2.24, 2.45) is 0 Å². The van der Waals surface area contributed by atoms with E-state index in [-0.39, 0.29) is 25.9 Å². The van der Waals surface area contributed by atoms with Crippen LogP contribution in [0.4, 0.5) is 9.18 Å². The molecule has 1 atom stereocenters. The second-order valence-electron chi connectivity index (χ2n) is 6.59. The lowest BCUT2D eigenvalue weighted by molar-refractivity contribution is -0.136. The summed E-state index contributed by atoms with van der Waals surface area (Å²) < 4.78 is 40.5. The van der Waals surface area contributed by atoms with Crippen LogP contribution in [0, 0.1) is 5.82 Å². The quantitative estimate of drug-likeness (QED) is 0.600. The number of nitrogens with one attached hydrogen (secondary N) is 3. The minimum absolute atomic E-state index is 0.179. The summed E-state index contributed by atoms with van der Waals surface area (Å²) in [5.41, 5.74) is -1.02. The van der Waals surface area contributed by atoms with Crippen LogP contribution < -0.4 is 15.4 Å². The van der Waals surface area contributed by atoms with Gasteiger partial charge in [0, 0.05) is 13.1 Å². The number of urea groups is 1. The van der Waals surface area contributed by atoms with E-state index in [4.69, 9.17) is 0 Å². The number of hydrogen-bond acceptors (Lipinski definition) is 5. The first kappa shape index (κ1) is 19.2. The van der Waals surface area contributed by atoms with Crippen LogP contribution in [0.15, 0.2) is 29.2 Å². The average Bonchev–Trinajstić information content (AvgIpc) is 2.88. The number of carbonyl (C=O) groups excluding carboxylic acids is 3. The minimum atomic E-state index is -4.21. The second kappa shape index (κ2) is 6.89. The molecule has 9 nitrogen and oxygen atoms in total. The maximum Gasteiger partial charge on any atom is 0.322 e. The van der Waals surface area contributed by atoms with E-state index in [9.17, 15) is 27.2 Å². The summed E-state index contributed by atoms with van der Waals surface area (Å²) >= 11 is 0. The standard InChI is InChI=1S/C16H19FN4O5S/c1-10(20-27(25,26)12-5-3-2-4-11(12)17)13(22)21-8-6-16(7-9-21)14(23)18-15(24)19-16/h2-5,10,20H,6-9H2,1H3,(H2,18,19,23,24)/t10-/m0/s1. The van der Waals surface area contributed by atoms with E-state index in [1.165, 1.54) is 24.0 Å². The Kier molecular flexibility index (Phi) is 4.91. The zero-order valence-corrected chi connectivity index (χ0v) is 15.3. The molecule has 0 aromatic heterocycles. The highest BCUT2D eigenvalue weighted by Crippen LogP contribution is 2.26. The zero-order chi connectivity index (χ0) is 19.8. The second-order valence-corrected chi connectivity index (χ2v) is 8.27. The molecule has 11 heteroatoms. The van der Waals surface area contributed by atoms with E-state index < -0.39 is 50.2 Å². The molecule has 0 radical (unpaired) electrons. The number of imide groups is 1. The third kappa shape index (κ3) is 3.65. The van der Waals surface area contributed by atoms with Crippen LogP contribution in [0.25, 0.3) is 0 Å². The maximum atomic E-state index is 13.7. The topological polar surface area (TPSA) is 125 Å². The van der Waals surface area contributed by atoms with E-state index in [1.54, 1.807) is 0 Å². The number of likely N-dealkylation sites (tertiary alicyclic amines) is 1. The van der Waals surface area contributed by atoms with Gasteiger partial charge in [0.2, 0.25) is 15.9 Å². The van der Waals surface area contributed by atoms with Gasteiger partial charge in [-0.3, -0.25) is 14.9 Å². The molecule has 0 saturated carbocycles. The Labute approximate surface area is 155 Å². The van der Waals surface area contributed by atoms with Crippen LogP contribution >= 0.6 is 0 Å². The summed E-state index contributed by atoms with van der Waals surface area (Å²) in [4.78, 5) is 36.7. The van der Waals surface area contributed by atoms with E-state index in [2.05, 4.69) is 15.4 Å². The number of nitrogens with zero attached hydrogens (tertiary/aromatic N) is 1. The predicted molar refractivity (Wildman–Crippen MR) is 91.4 cm³/mol. The fourth-order valence-electron chi connectivity index (χ4n) is 3.27. The molecular weight excluding hydrogens is 379 g/mol. The van der Waals surface area contributed by atoms with Crippen molar-refractivity contribution in [3.63, 3.8) is 0 Å². The normalized spacial score (nSPS) is 20.3. The largest absolute Gasteiger partial charge is 0.341 e. The van der Waals surface area contributed by atoms with Crippen molar-refractivity contribution in [1.29, 1.82) is 0 Å². The van der Waals surface area contributed by atoms with E-state index in [0.717, 1.165) is 12.1 Å². The number of sulfonamides is 1.